The van der Waals surface area contributed by atoms with E-state index in [1.165, 1.54) is 4.88 Å². The van der Waals surface area contributed by atoms with Crippen molar-refractivity contribution in [1.29, 1.82) is 0 Å². The quantitative estimate of drug-likeness (QED) is 0.204. The summed E-state index contributed by atoms with van der Waals surface area (Å²) in [5.74, 6) is -0.437. The molecule has 0 bridgehead atoms. The Balaban J connectivity index is 1.43. The molecule has 0 spiro atoms. The van der Waals surface area contributed by atoms with Crippen LogP contribution in [0.25, 0.3) is 16.9 Å². The minimum atomic E-state index is -4.33. The molecule has 5 nitrogen and oxygen atoms in total. The van der Waals surface area contributed by atoms with E-state index < -0.39 is 24.8 Å². The van der Waals surface area contributed by atoms with Gasteiger partial charge in [0.05, 0.1) is 24.5 Å². The topological polar surface area (TPSA) is 56.0 Å². The van der Waals surface area contributed by atoms with Crippen LogP contribution in [-0.2, 0) is 22.7 Å². The third-order valence-corrected chi connectivity index (χ3v) is 6.05. The van der Waals surface area contributed by atoms with Crippen LogP contribution in [0.1, 0.15) is 34.4 Å². The number of hydrogen-bond acceptors (Lipinski definition) is 5. The summed E-state index contributed by atoms with van der Waals surface area (Å²) >= 11 is 1.67. The minimum absolute atomic E-state index is 0.0355. The Labute approximate surface area is 198 Å². The van der Waals surface area contributed by atoms with Gasteiger partial charge in [0, 0.05) is 40.6 Å². The van der Waals surface area contributed by atoms with Gasteiger partial charge in [0.2, 0.25) is 0 Å². The molecule has 176 valence electrons. The fourth-order valence-corrected chi connectivity index (χ4v) is 4.20. The molecular weight excluding hydrogens is 463 g/mol. The van der Waals surface area contributed by atoms with Gasteiger partial charge < -0.3 is 4.84 Å². The second kappa shape index (κ2) is 10.2. The van der Waals surface area contributed by atoms with E-state index in [4.69, 9.17) is 4.84 Å². The maximum atomic E-state index is 12.4. The Morgan fingerprint density at radius 2 is 2.06 bits per heavy atom. The van der Waals surface area contributed by atoms with Crippen LogP contribution in [0.5, 0.6) is 0 Å². The molecule has 4 aromatic rings. The van der Waals surface area contributed by atoms with Crippen molar-refractivity contribution >= 4 is 29.0 Å². The fourth-order valence-electron chi connectivity index (χ4n) is 3.51. The lowest BCUT2D eigenvalue weighted by molar-refractivity contribution is -0.143. The molecule has 0 saturated carbocycles. The molecule has 3 heterocycles. The number of halogens is 3. The van der Waals surface area contributed by atoms with Crippen molar-refractivity contribution in [2.24, 2.45) is 5.16 Å². The number of thiophene rings is 1. The summed E-state index contributed by atoms with van der Waals surface area (Å²) in [6.07, 6.45) is -0.758. The van der Waals surface area contributed by atoms with Crippen molar-refractivity contribution in [3.63, 3.8) is 0 Å². The molecule has 0 fully saturated rings. The van der Waals surface area contributed by atoms with E-state index in [0.29, 0.717) is 17.8 Å². The molecule has 0 radical (unpaired) electrons. The van der Waals surface area contributed by atoms with Crippen LogP contribution in [-0.4, -0.2) is 27.6 Å². The molecule has 1 aromatic carbocycles. The van der Waals surface area contributed by atoms with E-state index >= 15 is 0 Å². The van der Waals surface area contributed by atoms with E-state index in [-0.39, 0.29) is 6.42 Å². The van der Waals surface area contributed by atoms with Crippen LogP contribution in [0.4, 0.5) is 13.2 Å². The van der Waals surface area contributed by atoms with E-state index in [1.54, 1.807) is 35.9 Å². The Morgan fingerprint density at radius 1 is 1.21 bits per heavy atom. The number of carbonyl (C=O) groups excluding carboxylic acids is 1. The Bertz CT molecular complexity index is 1320. The van der Waals surface area contributed by atoms with Crippen LogP contribution >= 0.6 is 11.3 Å². The van der Waals surface area contributed by atoms with Crippen molar-refractivity contribution < 1.29 is 22.8 Å². The smallest absolute Gasteiger partial charge is 0.389 e. The van der Waals surface area contributed by atoms with Crippen LogP contribution in [0.3, 0.4) is 0 Å². The Hall–Kier alpha value is -3.46. The number of hydrogen-bond donors (Lipinski definition) is 0. The van der Waals surface area contributed by atoms with Crippen molar-refractivity contribution in [3.05, 3.63) is 81.8 Å². The number of carbonyl (C=O) groups is 1. The number of oxime groups is 1. The van der Waals surface area contributed by atoms with Gasteiger partial charge in [0.1, 0.15) is 18.0 Å². The second-order valence-electron chi connectivity index (χ2n) is 7.94. The molecule has 9 heteroatoms. The molecule has 0 aliphatic rings. The number of aromatic nitrogens is 2. The molecule has 0 saturated heterocycles. The lowest BCUT2D eigenvalue weighted by Gasteiger charge is -2.07. The molecule has 34 heavy (non-hydrogen) atoms. The number of imidazole rings is 1. The standard InChI is InChI=1S/C25H22F3N3O2S/c1-17-9-20(16-34-17)15-33-30-13-19-6-8-31-23(14-29-24(31)12-19)21-4-2-3-18(10-21)11-22(32)5-7-25(26,27)28/h2-4,6,8-10,12-14,16H,5,7,11,15H2,1H3. The first-order valence-corrected chi connectivity index (χ1v) is 11.5. The van der Waals surface area contributed by atoms with Crippen molar-refractivity contribution in [2.45, 2.75) is 39.0 Å². The van der Waals surface area contributed by atoms with E-state index in [1.807, 2.05) is 47.2 Å². The number of alkyl halides is 3. The third kappa shape index (κ3) is 6.32. The van der Waals surface area contributed by atoms with Gasteiger partial charge in [0.15, 0.2) is 0 Å². The average molecular weight is 486 g/mol. The summed E-state index contributed by atoms with van der Waals surface area (Å²) < 4.78 is 39.0. The van der Waals surface area contributed by atoms with Gasteiger partial charge >= 0.3 is 6.18 Å². The van der Waals surface area contributed by atoms with Gasteiger partial charge in [-0.3, -0.25) is 9.20 Å². The summed E-state index contributed by atoms with van der Waals surface area (Å²) in [4.78, 5) is 23.0. The van der Waals surface area contributed by atoms with Crippen molar-refractivity contribution in [2.75, 3.05) is 0 Å². The second-order valence-corrected chi connectivity index (χ2v) is 9.05. The SMILES string of the molecule is Cc1cc(CON=Cc2ccn3c(-c4cccc(CC(=O)CCC(F)(F)F)c4)cnc3c2)cs1. The monoisotopic (exact) mass is 485 g/mol. The van der Waals surface area contributed by atoms with Gasteiger partial charge in [0.25, 0.3) is 0 Å². The maximum absolute atomic E-state index is 12.4. The number of Topliss-reactive ketones (excluding diaryl/α,β-unsaturated/α-hetero) is 1. The lowest BCUT2D eigenvalue weighted by atomic mass is 10.0. The number of fused-ring (bicyclic) bond motifs is 1. The third-order valence-electron chi connectivity index (χ3n) is 5.14. The number of nitrogens with zero attached hydrogens (tertiary/aromatic N) is 3. The number of pyridine rings is 1. The Morgan fingerprint density at radius 3 is 2.82 bits per heavy atom. The zero-order valence-electron chi connectivity index (χ0n) is 18.4. The first-order valence-electron chi connectivity index (χ1n) is 10.6. The summed E-state index contributed by atoms with van der Waals surface area (Å²) in [6.45, 7) is 2.45. The highest BCUT2D eigenvalue weighted by Crippen LogP contribution is 2.24. The number of benzene rings is 1. The average Bonchev–Trinajstić information content (AvgIpc) is 3.40. The number of aryl methyl sites for hydroxylation is 1. The summed E-state index contributed by atoms with van der Waals surface area (Å²) in [5.41, 5.74) is 4.92. The first kappa shape index (κ1) is 23.7. The van der Waals surface area contributed by atoms with Crippen LogP contribution in [0.15, 0.2) is 65.4 Å². The molecule has 3 aromatic heterocycles. The van der Waals surface area contributed by atoms with Gasteiger partial charge in [-0.05, 0) is 42.1 Å². The van der Waals surface area contributed by atoms with Crippen LogP contribution < -0.4 is 0 Å². The molecule has 0 aliphatic carbocycles. The zero-order valence-corrected chi connectivity index (χ0v) is 19.2. The molecule has 4 rings (SSSR count). The number of rotatable bonds is 9. The normalized spacial score (nSPS) is 12.0. The molecule has 0 unspecified atom stereocenters. The predicted molar refractivity (Wildman–Crippen MR) is 126 cm³/mol. The number of ketones is 1. The molecule has 0 N–H and O–H groups in total. The van der Waals surface area contributed by atoms with Gasteiger partial charge in [-0.2, -0.15) is 13.2 Å². The highest BCUT2D eigenvalue weighted by atomic mass is 32.1. The molecular formula is C25H22F3N3O2S. The van der Waals surface area contributed by atoms with Gasteiger partial charge in [-0.1, -0.05) is 23.4 Å². The largest absolute Gasteiger partial charge is 0.391 e. The molecule has 0 amide bonds. The maximum Gasteiger partial charge on any atom is 0.389 e. The van der Waals surface area contributed by atoms with Crippen molar-refractivity contribution in [3.8, 4) is 11.3 Å². The summed E-state index contributed by atoms with van der Waals surface area (Å²) in [5, 5.41) is 6.07. The van der Waals surface area contributed by atoms with Crippen molar-refractivity contribution in [1.82, 2.24) is 9.38 Å². The highest BCUT2D eigenvalue weighted by molar-refractivity contribution is 7.10. The van der Waals surface area contributed by atoms with E-state index in [0.717, 1.165) is 22.4 Å². The lowest BCUT2D eigenvalue weighted by Crippen LogP contribution is -2.12. The van der Waals surface area contributed by atoms with Gasteiger partial charge in [-0.15, -0.1) is 11.3 Å². The summed E-state index contributed by atoms with van der Waals surface area (Å²) in [7, 11) is 0. The van der Waals surface area contributed by atoms with E-state index in [9.17, 15) is 18.0 Å². The zero-order chi connectivity index (χ0) is 24.1. The van der Waals surface area contributed by atoms with Crippen LogP contribution in [0, 0.1) is 6.92 Å². The first-order chi connectivity index (χ1) is 16.3. The fraction of sp³-hybridized carbons (Fsp3) is 0.240. The van der Waals surface area contributed by atoms with E-state index in [2.05, 4.69) is 16.2 Å². The Kier molecular flexibility index (Phi) is 7.12. The molecule has 0 atom stereocenters. The minimum Gasteiger partial charge on any atom is -0.391 e. The highest BCUT2D eigenvalue weighted by Gasteiger charge is 2.27. The van der Waals surface area contributed by atoms with Crippen LogP contribution in [0.2, 0.25) is 0 Å². The molecule has 0 aliphatic heterocycles. The predicted octanol–water partition coefficient (Wildman–Crippen LogP) is 6.38. The summed E-state index contributed by atoms with van der Waals surface area (Å²) in [6, 6.07) is 13.0. The van der Waals surface area contributed by atoms with Gasteiger partial charge in [-0.25, -0.2) is 4.98 Å².